The summed E-state index contributed by atoms with van der Waals surface area (Å²) < 4.78 is 17.7. The molecule has 3 rings (SSSR count). The summed E-state index contributed by atoms with van der Waals surface area (Å²) in [6, 6.07) is 1.93. The summed E-state index contributed by atoms with van der Waals surface area (Å²) in [6.07, 6.45) is 2.15. The molecular formula is C18H27BN2O4. The lowest BCUT2D eigenvalue weighted by molar-refractivity contribution is 0.00578. The summed E-state index contributed by atoms with van der Waals surface area (Å²) in [5.41, 5.74) is 1.13. The maximum absolute atomic E-state index is 12.5. The highest BCUT2D eigenvalue weighted by Crippen LogP contribution is 2.37. The molecule has 1 saturated heterocycles. The Kier molecular flexibility index (Phi) is 4.16. The fraction of sp³-hybridized carbons (Fsp3) is 0.667. The molecule has 0 saturated carbocycles. The molecule has 25 heavy (non-hydrogen) atoms. The maximum Gasteiger partial charge on any atom is 0.496 e. The minimum absolute atomic E-state index is 0.348. The van der Waals surface area contributed by atoms with E-state index in [1.165, 1.54) is 0 Å². The molecule has 1 aromatic heterocycles. The van der Waals surface area contributed by atoms with E-state index in [4.69, 9.17) is 14.0 Å². The van der Waals surface area contributed by atoms with Gasteiger partial charge in [0.15, 0.2) is 0 Å². The number of rotatable bonds is 1. The van der Waals surface area contributed by atoms with E-state index in [0.29, 0.717) is 6.54 Å². The van der Waals surface area contributed by atoms with Crippen LogP contribution in [0.3, 0.4) is 0 Å². The number of ether oxygens (including phenoxy) is 1. The molecule has 0 unspecified atom stereocenters. The van der Waals surface area contributed by atoms with Gasteiger partial charge >= 0.3 is 13.2 Å². The number of pyridine rings is 1. The monoisotopic (exact) mass is 346 g/mol. The van der Waals surface area contributed by atoms with Crippen molar-refractivity contribution in [1.82, 2.24) is 4.98 Å². The van der Waals surface area contributed by atoms with Gasteiger partial charge in [-0.05, 0) is 54.5 Å². The first-order chi connectivity index (χ1) is 11.4. The Morgan fingerprint density at radius 1 is 1.24 bits per heavy atom. The highest BCUT2D eigenvalue weighted by molar-refractivity contribution is 6.62. The predicted molar refractivity (Wildman–Crippen MR) is 97.2 cm³/mol. The molecule has 0 bridgehead atoms. The topological polar surface area (TPSA) is 60.9 Å². The molecule has 1 aromatic rings. The highest BCUT2D eigenvalue weighted by Gasteiger charge is 2.52. The third kappa shape index (κ3) is 3.40. The van der Waals surface area contributed by atoms with Crippen LogP contribution in [0.5, 0.6) is 0 Å². The highest BCUT2D eigenvalue weighted by atomic mass is 16.7. The van der Waals surface area contributed by atoms with Gasteiger partial charge in [-0.25, -0.2) is 4.79 Å². The van der Waals surface area contributed by atoms with Gasteiger partial charge in [-0.1, -0.05) is 0 Å². The van der Waals surface area contributed by atoms with Crippen LogP contribution in [0.2, 0.25) is 0 Å². The van der Waals surface area contributed by atoms with E-state index in [0.717, 1.165) is 23.3 Å². The summed E-state index contributed by atoms with van der Waals surface area (Å²) in [6.45, 7) is 14.2. The van der Waals surface area contributed by atoms with Crippen LogP contribution in [0.4, 0.5) is 10.5 Å². The molecule has 0 radical (unpaired) electrons. The van der Waals surface area contributed by atoms with Crippen LogP contribution in [0.25, 0.3) is 0 Å². The zero-order valence-corrected chi connectivity index (χ0v) is 16.2. The van der Waals surface area contributed by atoms with Crippen LogP contribution in [0, 0.1) is 0 Å². The van der Waals surface area contributed by atoms with Crippen molar-refractivity contribution in [3.05, 3.63) is 18.0 Å². The summed E-state index contributed by atoms with van der Waals surface area (Å²) in [7, 11) is -0.496. The molecular weight excluding hydrogens is 319 g/mol. The van der Waals surface area contributed by atoms with Gasteiger partial charge in [0.05, 0.1) is 22.6 Å². The lowest BCUT2D eigenvalue weighted by atomic mass is 9.80. The fourth-order valence-corrected chi connectivity index (χ4v) is 2.88. The van der Waals surface area contributed by atoms with Gasteiger partial charge in [-0.2, -0.15) is 0 Å². The summed E-state index contributed by atoms with van der Waals surface area (Å²) in [5.74, 6) is 0. The average Bonchev–Trinajstić information content (AvgIpc) is 2.95. The standard InChI is InChI=1S/C18H27BN2O4/c1-16(2,3)23-15(22)21-9-8-13-14(21)10-12(11-20-13)19-24-17(4,5)18(6,7)25-19/h10-11H,8-9H2,1-7H3. The minimum atomic E-state index is -0.531. The SMILES string of the molecule is CC(C)(C)OC(=O)N1CCc2ncc(B3OC(C)(C)C(C)(C)O3)cc21. The molecule has 0 spiro atoms. The van der Waals surface area contributed by atoms with Crippen LogP contribution in [-0.2, 0) is 20.5 Å². The first-order valence-corrected chi connectivity index (χ1v) is 8.75. The van der Waals surface area contributed by atoms with Gasteiger partial charge in [0.2, 0.25) is 0 Å². The summed E-state index contributed by atoms with van der Waals surface area (Å²) in [5, 5.41) is 0. The molecule has 1 amide bonds. The van der Waals surface area contributed by atoms with Crippen molar-refractivity contribution in [2.75, 3.05) is 11.4 Å². The molecule has 2 aliphatic rings. The minimum Gasteiger partial charge on any atom is -0.443 e. The Morgan fingerprint density at radius 2 is 1.84 bits per heavy atom. The van der Waals surface area contributed by atoms with Gasteiger partial charge < -0.3 is 14.0 Å². The average molecular weight is 346 g/mol. The molecule has 0 aliphatic carbocycles. The summed E-state index contributed by atoms with van der Waals surface area (Å²) in [4.78, 5) is 18.6. The van der Waals surface area contributed by atoms with E-state index in [1.807, 2.05) is 54.5 Å². The second-order valence-electron chi connectivity index (χ2n) is 8.70. The number of aromatic nitrogens is 1. The Balaban J connectivity index is 1.85. The van der Waals surface area contributed by atoms with Crippen molar-refractivity contribution in [2.45, 2.75) is 71.7 Å². The van der Waals surface area contributed by atoms with Crippen molar-refractivity contribution in [3.63, 3.8) is 0 Å². The molecule has 1 fully saturated rings. The van der Waals surface area contributed by atoms with E-state index in [2.05, 4.69) is 4.98 Å². The number of amides is 1. The zero-order valence-electron chi connectivity index (χ0n) is 16.2. The van der Waals surface area contributed by atoms with E-state index in [1.54, 1.807) is 11.1 Å². The van der Waals surface area contributed by atoms with Gasteiger partial charge in [0.1, 0.15) is 5.60 Å². The van der Waals surface area contributed by atoms with Gasteiger partial charge in [-0.3, -0.25) is 9.88 Å². The summed E-state index contributed by atoms with van der Waals surface area (Å²) >= 11 is 0. The predicted octanol–water partition coefficient (Wildman–Crippen LogP) is 2.68. The van der Waals surface area contributed by atoms with Crippen molar-refractivity contribution in [3.8, 4) is 0 Å². The van der Waals surface area contributed by atoms with Gasteiger partial charge in [-0.15, -0.1) is 0 Å². The zero-order chi connectivity index (χ0) is 18.6. The largest absolute Gasteiger partial charge is 0.496 e. The molecule has 0 aromatic carbocycles. The lowest BCUT2D eigenvalue weighted by Crippen LogP contribution is -2.41. The third-order valence-electron chi connectivity index (χ3n) is 4.97. The van der Waals surface area contributed by atoms with E-state index >= 15 is 0 Å². The molecule has 0 N–H and O–H groups in total. The second-order valence-corrected chi connectivity index (χ2v) is 8.70. The van der Waals surface area contributed by atoms with Crippen LogP contribution in [-0.4, -0.2) is 41.5 Å². The van der Waals surface area contributed by atoms with Crippen molar-refractivity contribution in [2.24, 2.45) is 0 Å². The number of anilines is 1. The van der Waals surface area contributed by atoms with E-state index in [-0.39, 0.29) is 6.09 Å². The second kappa shape index (κ2) is 5.71. The number of fused-ring (bicyclic) bond motifs is 1. The number of nitrogens with zero attached hydrogens (tertiary/aromatic N) is 2. The Bertz CT molecular complexity index is 681. The molecule has 0 atom stereocenters. The molecule has 3 heterocycles. The van der Waals surface area contributed by atoms with E-state index < -0.39 is 23.9 Å². The number of carbonyl (C=O) groups excluding carboxylic acids is 1. The van der Waals surface area contributed by atoms with Crippen LogP contribution in [0.15, 0.2) is 12.3 Å². The third-order valence-corrected chi connectivity index (χ3v) is 4.97. The lowest BCUT2D eigenvalue weighted by Gasteiger charge is -2.32. The van der Waals surface area contributed by atoms with Crippen molar-refractivity contribution in [1.29, 1.82) is 0 Å². The molecule has 7 heteroatoms. The Hall–Kier alpha value is -1.60. The van der Waals surface area contributed by atoms with Crippen LogP contribution < -0.4 is 10.4 Å². The molecule has 6 nitrogen and oxygen atoms in total. The Morgan fingerprint density at radius 3 is 2.40 bits per heavy atom. The first-order valence-electron chi connectivity index (χ1n) is 8.75. The van der Waals surface area contributed by atoms with Crippen molar-refractivity contribution < 1.29 is 18.8 Å². The fourth-order valence-electron chi connectivity index (χ4n) is 2.88. The van der Waals surface area contributed by atoms with Crippen molar-refractivity contribution >= 4 is 24.4 Å². The molecule has 2 aliphatic heterocycles. The quantitative estimate of drug-likeness (QED) is 0.732. The maximum atomic E-state index is 12.5. The molecule has 136 valence electrons. The van der Waals surface area contributed by atoms with Gasteiger partial charge in [0.25, 0.3) is 0 Å². The number of hydrogen-bond acceptors (Lipinski definition) is 5. The van der Waals surface area contributed by atoms with Crippen LogP contribution >= 0.6 is 0 Å². The first kappa shape index (κ1) is 18.2. The normalized spacial score (nSPS) is 21.4. The number of carbonyl (C=O) groups is 1. The van der Waals surface area contributed by atoms with Gasteiger partial charge in [0, 0.05) is 24.6 Å². The smallest absolute Gasteiger partial charge is 0.443 e. The van der Waals surface area contributed by atoms with Crippen LogP contribution in [0.1, 0.15) is 54.2 Å². The number of hydrogen-bond donors (Lipinski definition) is 0. The van der Waals surface area contributed by atoms with E-state index in [9.17, 15) is 4.79 Å². The Labute approximate surface area is 150 Å².